The molecule has 3 atom stereocenters. The molecule has 1 aromatic carbocycles. The van der Waals surface area contributed by atoms with E-state index in [4.69, 9.17) is 4.42 Å². The number of sulfonamides is 1. The van der Waals surface area contributed by atoms with Crippen LogP contribution in [0.15, 0.2) is 52.0 Å². The van der Waals surface area contributed by atoms with Gasteiger partial charge in [0.2, 0.25) is 10.0 Å². The molecule has 0 N–H and O–H groups in total. The molecule has 4 rings (SSSR count). The summed E-state index contributed by atoms with van der Waals surface area (Å²) in [6.45, 7) is 3.97. The van der Waals surface area contributed by atoms with Crippen LogP contribution >= 0.6 is 0 Å². The van der Waals surface area contributed by atoms with Crippen molar-refractivity contribution < 1.29 is 12.8 Å². The highest BCUT2D eigenvalue weighted by molar-refractivity contribution is 7.89. The van der Waals surface area contributed by atoms with E-state index in [2.05, 4.69) is 11.9 Å². The average Bonchev–Trinajstić information content (AvgIpc) is 3.30. The fourth-order valence-corrected chi connectivity index (χ4v) is 6.47. The van der Waals surface area contributed by atoms with Crippen molar-refractivity contribution in [2.75, 3.05) is 20.1 Å². The molecule has 2 fully saturated rings. The molecule has 146 valence electrons. The minimum absolute atomic E-state index is 0.387. The molecule has 5 nitrogen and oxygen atoms in total. The van der Waals surface area contributed by atoms with Crippen molar-refractivity contribution in [3.8, 4) is 0 Å². The van der Waals surface area contributed by atoms with E-state index in [-0.39, 0.29) is 0 Å². The maximum Gasteiger partial charge on any atom is 0.243 e. The molecule has 1 aliphatic heterocycles. The lowest BCUT2D eigenvalue weighted by Gasteiger charge is -2.38. The highest BCUT2D eigenvalue weighted by Gasteiger charge is 2.45. The highest BCUT2D eigenvalue weighted by atomic mass is 32.2. The molecule has 2 aromatic rings. The molecule has 1 aliphatic carbocycles. The summed E-state index contributed by atoms with van der Waals surface area (Å²) in [5.41, 5.74) is 0.976. The maximum absolute atomic E-state index is 13.2. The third-order valence-electron chi connectivity index (χ3n) is 6.21. The average molecular weight is 389 g/mol. The Bertz CT molecular complexity index is 879. The Balaban J connectivity index is 1.52. The molecule has 1 saturated carbocycles. The smallest absolute Gasteiger partial charge is 0.243 e. The van der Waals surface area contributed by atoms with Gasteiger partial charge < -0.3 is 4.42 Å². The largest absolute Gasteiger partial charge is 0.468 e. The summed E-state index contributed by atoms with van der Waals surface area (Å²) in [6.07, 6.45) is 5.11. The van der Waals surface area contributed by atoms with Crippen molar-refractivity contribution in [3.05, 3.63) is 54.0 Å². The number of fused-ring (bicyclic) bond motifs is 1. The molecule has 0 spiro atoms. The minimum Gasteiger partial charge on any atom is -0.468 e. The van der Waals surface area contributed by atoms with Gasteiger partial charge in [-0.2, -0.15) is 4.31 Å². The van der Waals surface area contributed by atoms with Crippen molar-refractivity contribution in [1.82, 2.24) is 9.21 Å². The van der Waals surface area contributed by atoms with Crippen LogP contribution in [0.25, 0.3) is 0 Å². The lowest BCUT2D eigenvalue weighted by atomic mass is 9.77. The number of furan rings is 1. The van der Waals surface area contributed by atoms with E-state index in [0.717, 1.165) is 37.1 Å². The third-order valence-corrected chi connectivity index (χ3v) is 8.03. The second kappa shape index (κ2) is 7.41. The second-order valence-corrected chi connectivity index (χ2v) is 9.99. The van der Waals surface area contributed by atoms with Crippen LogP contribution in [-0.2, 0) is 16.6 Å². The molecule has 27 heavy (non-hydrogen) atoms. The van der Waals surface area contributed by atoms with E-state index >= 15 is 0 Å². The Labute approximate surface area is 162 Å². The van der Waals surface area contributed by atoms with Crippen LogP contribution in [-0.4, -0.2) is 43.8 Å². The van der Waals surface area contributed by atoms with Gasteiger partial charge in [-0.3, -0.25) is 4.90 Å². The molecule has 0 radical (unpaired) electrons. The van der Waals surface area contributed by atoms with Gasteiger partial charge in [-0.25, -0.2) is 8.42 Å². The summed E-state index contributed by atoms with van der Waals surface area (Å²) >= 11 is 0. The topological polar surface area (TPSA) is 53.8 Å². The standard InChI is InChI=1S/C21H28N2O3S/c1-16-6-3-9-19(12-16)27(24,25)23-13-17-7-4-10-21(20(17)15-23)22(2)14-18-8-5-11-26-18/h3,5-6,8-9,11-12,17,20-21H,4,7,10,13-15H2,1-2H3/t17-,20+,21+/m0/s1. The van der Waals surface area contributed by atoms with E-state index in [0.29, 0.717) is 35.9 Å². The van der Waals surface area contributed by atoms with Gasteiger partial charge in [0.25, 0.3) is 0 Å². The van der Waals surface area contributed by atoms with Gasteiger partial charge in [0, 0.05) is 19.1 Å². The molecule has 2 heterocycles. The summed E-state index contributed by atoms with van der Waals surface area (Å²) in [4.78, 5) is 2.76. The lowest BCUT2D eigenvalue weighted by Crippen LogP contribution is -2.43. The fourth-order valence-electron chi connectivity index (χ4n) is 4.83. The Morgan fingerprint density at radius 1 is 1.19 bits per heavy atom. The quantitative estimate of drug-likeness (QED) is 0.787. The Hall–Kier alpha value is -1.63. The van der Waals surface area contributed by atoms with E-state index in [1.165, 1.54) is 0 Å². The van der Waals surface area contributed by atoms with Crippen molar-refractivity contribution in [1.29, 1.82) is 0 Å². The number of hydrogen-bond donors (Lipinski definition) is 0. The summed E-state index contributed by atoms with van der Waals surface area (Å²) in [7, 11) is -1.29. The van der Waals surface area contributed by atoms with Gasteiger partial charge >= 0.3 is 0 Å². The molecule has 0 amide bonds. The second-order valence-electron chi connectivity index (χ2n) is 8.06. The van der Waals surface area contributed by atoms with Crippen molar-refractivity contribution in [3.63, 3.8) is 0 Å². The Morgan fingerprint density at radius 3 is 2.78 bits per heavy atom. The molecule has 2 aliphatic rings. The van der Waals surface area contributed by atoms with Gasteiger partial charge in [-0.05, 0) is 68.5 Å². The molecular weight excluding hydrogens is 360 g/mol. The van der Waals surface area contributed by atoms with Crippen LogP contribution in [0.5, 0.6) is 0 Å². The number of benzene rings is 1. The zero-order chi connectivity index (χ0) is 19.0. The first kappa shape index (κ1) is 18.7. The van der Waals surface area contributed by atoms with Gasteiger partial charge in [0.1, 0.15) is 5.76 Å². The minimum atomic E-state index is -3.42. The third kappa shape index (κ3) is 3.71. The number of nitrogens with zero attached hydrogens (tertiary/aromatic N) is 2. The van der Waals surface area contributed by atoms with Crippen LogP contribution in [0.4, 0.5) is 0 Å². The zero-order valence-corrected chi connectivity index (χ0v) is 16.9. The molecule has 1 saturated heterocycles. The molecule has 1 aromatic heterocycles. The number of hydrogen-bond acceptors (Lipinski definition) is 4. The van der Waals surface area contributed by atoms with Gasteiger partial charge in [-0.1, -0.05) is 18.6 Å². The van der Waals surface area contributed by atoms with E-state index < -0.39 is 10.0 Å². The highest BCUT2D eigenvalue weighted by Crippen LogP contribution is 2.40. The zero-order valence-electron chi connectivity index (χ0n) is 16.0. The lowest BCUT2D eigenvalue weighted by molar-refractivity contribution is 0.0999. The predicted octanol–water partition coefficient (Wildman–Crippen LogP) is 3.51. The fraction of sp³-hybridized carbons (Fsp3) is 0.524. The summed E-state index contributed by atoms with van der Waals surface area (Å²) in [5, 5.41) is 0. The van der Waals surface area contributed by atoms with Crippen molar-refractivity contribution >= 4 is 10.0 Å². The Kier molecular flexibility index (Phi) is 5.14. The maximum atomic E-state index is 13.2. The SMILES string of the molecule is Cc1cccc(S(=O)(=O)N2C[C@@H]3CCC[C@@H](N(C)Cc4ccco4)[C@@H]3C2)c1. The summed E-state index contributed by atoms with van der Waals surface area (Å²) < 4.78 is 33.5. The van der Waals surface area contributed by atoms with E-state index in [9.17, 15) is 8.42 Å². The molecule has 0 bridgehead atoms. The van der Waals surface area contributed by atoms with Gasteiger partial charge in [-0.15, -0.1) is 0 Å². The number of aryl methyl sites for hydroxylation is 1. The predicted molar refractivity (Wildman–Crippen MR) is 105 cm³/mol. The van der Waals surface area contributed by atoms with Crippen LogP contribution in [0.1, 0.15) is 30.6 Å². The molecule has 0 unspecified atom stereocenters. The normalized spacial score (nSPS) is 26.4. The van der Waals surface area contributed by atoms with E-state index in [1.807, 2.05) is 31.2 Å². The van der Waals surface area contributed by atoms with E-state index in [1.54, 1.807) is 22.7 Å². The number of rotatable bonds is 5. The molecular formula is C21H28N2O3S. The van der Waals surface area contributed by atoms with Crippen LogP contribution in [0, 0.1) is 18.8 Å². The van der Waals surface area contributed by atoms with Crippen LogP contribution < -0.4 is 0 Å². The first-order valence-corrected chi connectivity index (χ1v) is 11.2. The van der Waals surface area contributed by atoms with Gasteiger partial charge in [0.05, 0.1) is 17.7 Å². The summed E-state index contributed by atoms with van der Waals surface area (Å²) in [6, 6.07) is 11.6. The first-order valence-electron chi connectivity index (χ1n) is 9.74. The van der Waals surface area contributed by atoms with Crippen LogP contribution in [0.3, 0.4) is 0 Å². The monoisotopic (exact) mass is 388 g/mol. The van der Waals surface area contributed by atoms with Crippen molar-refractivity contribution in [2.45, 2.75) is 43.7 Å². The Morgan fingerprint density at radius 2 is 2.04 bits per heavy atom. The van der Waals surface area contributed by atoms with Crippen molar-refractivity contribution in [2.24, 2.45) is 11.8 Å². The van der Waals surface area contributed by atoms with Crippen LogP contribution in [0.2, 0.25) is 0 Å². The van der Waals surface area contributed by atoms with Gasteiger partial charge in [0.15, 0.2) is 0 Å². The first-order chi connectivity index (χ1) is 12.9. The molecule has 6 heteroatoms. The summed E-state index contributed by atoms with van der Waals surface area (Å²) in [5.74, 6) is 1.79.